The van der Waals surface area contributed by atoms with Gasteiger partial charge >= 0.3 is 5.97 Å². The molecule has 6 heteroatoms. The van der Waals surface area contributed by atoms with E-state index in [1.165, 1.54) is 0 Å². The molecule has 2 N–H and O–H groups in total. The zero-order valence-corrected chi connectivity index (χ0v) is 10.3. The van der Waals surface area contributed by atoms with Crippen LogP contribution in [0.4, 0.5) is 0 Å². The quantitative estimate of drug-likeness (QED) is 0.831. The van der Waals surface area contributed by atoms with Gasteiger partial charge in [-0.1, -0.05) is 6.42 Å². The lowest BCUT2D eigenvalue weighted by Gasteiger charge is -2.22. The molecule has 2 atom stereocenters. The molecule has 98 valence electrons. The van der Waals surface area contributed by atoms with Gasteiger partial charge in [0, 0.05) is 25.4 Å². The Labute approximate surface area is 105 Å². The number of hydrogen-bond donors (Lipinski definition) is 2. The van der Waals surface area contributed by atoms with Crippen molar-refractivity contribution in [2.45, 2.75) is 25.8 Å². The second kappa shape index (κ2) is 5.20. The highest BCUT2D eigenvalue weighted by Crippen LogP contribution is 2.33. The zero-order valence-electron chi connectivity index (χ0n) is 10.3. The normalized spacial score (nSPS) is 22.9. The number of nitrogens with one attached hydrogen (secondary N) is 1. The summed E-state index contributed by atoms with van der Waals surface area (Å²) in [6.07, 6.45) is 5.48. The van der Waals surface area contributed by atoms with E-state index < -0.39 is 11.9 Å². The maximum absolute atomic E-state index is 12.2. The monoisotopic (exact) mass is 251 g/mol. The molecule has 1 saturated carbocycles. The molecular weight excluding hydrogens is 234 g/mol. The van der Waals surface area contributed by atoms with Gasteiger partial charge in [0.1, 0.15) is 0 Å². The molecule has 0 bridgehead atoms. The van der Waals surface area contributed by atoms with Crippen LogP contribution in [0.1, 0.15) is 24.8 Å². The molecule has 1 aromatic rings. The van der Waals surface area contributed by atoms with Gasteiger partial charge in [-0.15, -0.1) is 0 Å². The van der Waals surface area contributed by atoms with Crippen LogP contribution in [0.25, 0.3) is 0 Å². The summed E-state index contributed by atoms with van der Waals surface area (Å²) in [6.45, 7) is 0.457. The van der Waals surface area contributed by atoms with Gasteiger partial charge in [0.15, 0.2) is 0 Å². The van der Waals surface area contributed by atoms with Gasteiger partial charge < -0.3 is 10.0 Å². The molecule has 0 aromatic carbocycles. The molecule has 18 heavy (non-hydrogen) atoms. The first-order valence-corrected chi connectivity index (χ1v) is 6.05. The third-order valence-electron chi connectivity index (χ3n) is 3.50. The van der Waals surface area contributed by atoms with Crippen LogP contribution in [-0.4, -0.2) is 39.1 Å². The molecule has 1 fully saturated rings. The van der Waals surface area contributed by atoms with Gasteiger partial charge in [-0.05, 0) is 12.8 Å². The number of carboxylic acids is 1. The van der Waals surface area contributed by atoms with Gasteiger partial charge in [-0.2, -0.15) is 5.10 Å². The van der Waals surface area contributed by atoms with Crippen molar-refractivity contribution < 1.29 is 14.7 Å². The van der Waals surface area contributed by atoms with Gasteiger partial charge in [-0.25, -0.2) is 0 Å². The van der Waals surface area contributed by atoms with Crippen molar-refractivity contribution in [2.75, 3.05) is 7.05 Å². The lowest BCUT2D eigenvalue weighted by Crippen LogP contribution is -2.36. The van der Waals surface area contributed by atoms with E-state index in [9.17, 15) is 9.59 Å². The number of carbonyl (C=O) groups excluding carboxylic acids is 1. The molecular formula is C12H17N3O3. The summed E-state index contributed by atoms with van der Waals surface area (Å²) in [6, 6.07) is 0. The predicted octanol–water partition coefficient (Wildman–Crippen LogP) is 0.869. The lowest BCUT2D eigenvalue weighted by molar-refractivity contribution is -0.148. The van der Waals surface area contributed by atoms with E-state index in [-0.39, 0.29) is 11.8 Å². The van der Waals surface area contributed by atoms with Gasteiger partial charge in [-0.3, -0.25) is 14.7 Å². The van der Waals surface area contributed by atoms with Gasteiger partial charge in [0.25, 0.3) is 0 Å². The summed E-state index contributed by atoms with van der Waals surface area (Å²) in [4.78, 5) is 24.9. The first-order chi connectivity index (χ1) is 8.59. The number of hydrogen-bond acceptors (Lipinski definition) is 3. The number of carbonyl (C=O) groups is 2. The van der Waals surface area contributed by atoms with E-state index in [1.54, 1.807) is 24.3 Å². The number of amides is 1. The highest BCUT2D eigenvalue weighted by molar-refractivity contribution is 5.85. The molecule has 1 aliphatic carbocycles. The number of aromatic amines is 1. The highest BCUT2D eigenvalue weighted by Gasteiger charge is 2.38. The first-order valence-electron chi connectivity index (χ1n) is 6.05. The highest BCUT2D eigenvalue weighted by atomic mass is 16.4. The molecule has 1 heterocycles. The first kappa shape index (κ1) is 12.6. The van der Waals surface area contributed by atoms with E-state index in [4.69, 9.17) is 5.11 Å². The zero-order chi connectivity index (χ0) is 13.1. The Kier molecular flexibility index (Phi) is 3.64. The van der Waals surface area contributed by atoms with E-state index in [0.29, 0.717) is 19.4 Å². The van der Waals surface area contributed by atoms with E-state index in [1.807, 2.05) is 0 Å². The number of aliphatic carboxylic acids is 1. The Bertz CT molecular complexity index is 430. The van der Waals surface area contributed by atoms with E-state index >= 15 is 0 Å². The van der Waals surface area contributed by atoms with Crippen LogP contribution in [0.3, 0.4) is 0 Å². The topological polar surface area (TPSA) is 86.3 Å². The van der Waals surface area contributed by atoms with Crippen molar-refractivity contribution in [3.63, 3.8) is 0 Å². The summed E-state index contributed by atoms with van der Waals surface area (Å²) in [5.74, 6) is -1.84. The Balaban J connectivity index is 1.99. The maximum Gasteiger partial charge on any atom is 0.307 e. The van der Waals surface area contributed by atoms with Crippen LogP contribution in [-0.2, 0) is 16.1 Å². The third-order valence-corrected chi connectivity index (χ3v) is 3.50. The van der Waals surface area contributed by atoms with Crippen molar-refractivity contribution >= 4 is 11.9 Å². The standard InChI is InChI=1S/C12H17N3O3/c1-15(7-8-5-13-14-6-8)11(16)9-3-2-4-10(9)12(17)18/h5-6,9-10H,2-4,7H2,1H3,(H,13,14)(H,17,18)/t9-,10+/m1/s1. The molecule has 0 aliphatic heterocycles. The van der Waals surface area contributed by atoms with Crippen LogP contribution in [0.5, 0.6) is 0 Å². The summed E-state index contributed by atoms with van der Waals surface area (Å²) in [5.41, 5.74) is 0.913. The fourth-order valence-corrected chi connectivity index (χ4v) is 2.55. The Hall–Kier alpha value is -1.85. The third kappa shape index (κ3) is 2.52. The predicted molar refractivity (Wildman–Crippen MR) is 63.5 cm³/mol. The molecule has 0 radical (unpaired) electrons. The van der Waals surface area contributed by atoms with Gasteiger partial charge in [0.2, 0.25) is 5.91 Å². The minimum atomic E-state index is -0.859. The Morgan fingerprint density at radius 3 is 2.83 bits per heavy atom. The van der Waals surface area contributed by atoms with Crippen LogP contribution >= 0.6 is 0 Å². The van der Waals surface area contributed by atoms with Crippen molar-refractivity contribution in [1.29, 1.82) is 0 Å². The number of rotatable bonds is 4. The maximum atomic E-state index is 12.2. The average molecular weight is 251 g/mol. The number of aromatic nitrogens is 2. The number of carboxylic acid groups (broad SMARTS) is 1. The van der Waals surface area contributed by atoms with Crippen molar-refractivity contribution in [3.05, 3.63) is 18.0 Å². The Morgan fingerprint density at radius 1 is 1.50 bits per heavy atom. The molecule has 0 spiro atoms. The SMILES string of the molecule is CN(Cc1cn[nH]c1)C(=O)[C@@H]1CCC[C@@H]1C(=O)O. The average Bonchev–Trinajstić information content (AvgIpc) is 2.97. The van der Waals surface area contributed by atoms with Crippen LogP contribution in [0.2, 0.25) is 0 Å². The van der Waals surface area contributed by atoms with Crippen LogP contribution in [0.15, 0.2) is 12.4 Å². The fourth-order valence-electron chi connectivity index (χ4n) is 2.55. The van der Waals surface area contributed by atoms with Gasteiger partial charge in [0.05, 0.1) is 18.0 Å². The lowest BCUT2D eigenvalue weighted by atomic mass is 9.95. The molecule has 1 aliphatic rings. The molecule has 1 amide bonds. The minimum Gasteiger partial charge on any atom is -0.481 e. The molecule has 1 aromatic heterocycles. The molecule has 0 unspecified atom stereocenters. The minimum absolute atomic E-state index is 0.0823. The number of nitrogens with zero attached hydrogens (tertiary/aromatic N) is 2. The summed E-state index contributed by atoms with van der Waals surface area (Å²) in [5, 5.41) is 15.6. The summed E-state index contributed by atoms with van der Waals surface area (Å²) < 4.78 is 0. The van der Waals surface area contributed by atoms with Crippen molar-refractivity contribution in [2.24, 2.45) is 11.8 Å². The molecule has 6 nitrogen and oxygen atoms in total. The van der Waals surface area contributed by atoms with E-state index in [0.717, 1.165) is 12.0 Å². The summed E-state index contributed by atoms with van der Waals surface area (Å²) in [7, 11) is 1.70. The molecule has 2 rings (SSSR count). The smallest absolute Gasteiger partial charge is 0.307 e. The van der Waals surface area contributed by atoms with Crippen LogP contribution < -0.4 is 0 Å². The number of H-pyrrole nitrogens is 1. The van der Waals surface area contributed by atoms with Crippen molar-refractivity contribution in [3.8, 4) is 0 Å². The largest absolute Gasteiger partial charge is 0.481 e. The second-order valence-corrected chi connectivity index (χ2v) is 4.78. The van der Waals surface area contributed by atoms with Crippen molar-refractivity contribution in [1.82, 2.24) is 15.1 Å². The Morgan fingerprint density at radius 2 is 2.22 bits per heavy atom. The summed E-state index contributed by atoms with van der Waals surface area (Å²) >= 11 is 0. The fraction of sp³-hybridized carbons (Fsp3) is 0.583. The van der Waals surface area contributed by atoms with Crippen LogP contribution in [0, 0.1) is 11.8 Å². The molecule has 0 saturated heterocycles. The second-order valence-electron chi connectivity index (χ2n) is 4.78. The van der Waals surface area contributed by atoms with E-state index in [2.05, 4.69) is 10.2 Å².